The molecule has 2 unspecified atom stereocenters. The van der Waals surface area contributed by atoms with E-state index in [9.17, 15) is 0 Å². The Morgan fingerprint density at radius 3 is 2.78 bits per heavy atom. The van der Waals surface area contributed by atoms with Crippen LogP contribution >= 0.6 is 0 Å². The van der Waals surface area contributed by atoms with Gasteiger partial charge in [-0.15, -0.1) is 0 Å². The lowest BCUT2D eigenvalue weighted by molar-refractivity contribution is -0.0373. The van der Waals surface area contributed by atoms with Crippen molar-refractivity contribution in [2.75, 3.05) is 39.4 Å². The molecule has 2 fully saturated rings. The highest BCUT2D eigenvalue weighted by atomic mass is 16.5. The van der Waals surface area contributed by atoms with E-state index in [0.29, 0.717) is 18.2 Å². The summed E-state index contributed by atoms with van der Waals surface area (Å²) in [7, 11) is 0. The van der Waals surface area contributed by atoms with Crippen molar-refractivity contribution >= 4 is 0 Å². The van der Waals surface area contributed by atoms with Crippen LogP contribution in [0.15, 0.2) is 0 Å². The maximum absolute atomic E-state index is 5.79. The topological polar surface area (TPSA) is 33.7 Å². The van der Waals surface area contributed by atoms with Crippen molar-refractivity contribution in [3.63, 3.8) is 0 Å². The molecule has 0 radical (unpaired) electrons. The summed E-state index contributed by atoms with van der Waals surface area (Å²) >= 11 is 0. The lowest BCUT2D eigenvalue weighted by Crippen LogP contribution is -2.49. The fourth-order valence-electron chi connectivity index (χ4n) is 2.73. The Balaban J connectivity index is 1.55. The van der Waals surface area contributed by atoms with Gasteiger partial charge < -0.3 is 14.8 Å². The number of morpholine rings is 1. The molecule has 106 valence electrons. The average Bonchev–Trinajstić information content (AvgIpc) is 2.88. The third-order valence-electron chi connectivity index (χ3n) is 3.94. The molecule has 18 heavy (non-hydrogen) atoms. The summed E-state index contributed by atoms with van der Waals surface area (Å²) in [5.74, 6) is 0. The second-order valence-corrected chi connectivity index (χ2v) is 5.71. The molecular formula is C14H28N2O2. The number of hydrogen-bond acceptors (Lipinski definition) is 4. The predicted octanol–water partition coefficient (Wildman–Crippen LogP) is 1.25. The molecule has 2 atom stereocenters. The van der Waals surface area contributed by atoms with Crippen LogP contribution in [0.3, 0.4) is 0 Å². The van der Waals surface area contributed by atoms with Crippen LogP contribution in [0.25, 0.3) is 0 Å². The third kappa shape index (κ3) is 4.50. The summed E-state index contributed by atoms with van der Waals surface area (Å²) in [5, 5.41) is 3.51. The number of nitrogens with zero attached hydrogens (tertiary/aromatic N) is 1. The van der Waals surface area contributed by atoms with Gasteiger partial charge in [-0.3, -0.25) is 4.90 Å². The van der Waals surface area contributed by atoms with Crippen LogP contribution in [-0.4, -0.2) is 62.5 Å². The van der Waals surface area contributed by atoms with Crippen molar-refractivity contribution in [3.8, 4) is 0 Å². The summed E-state index contributed by atoms with van der Waals surface area (Å²) < 4.78 is 11.4. The zero-order valence-corrected chi connectivity index (χ0v) is 11.9. The lowest BCUT2D eigenvalue weighted by Gasteiger charge is -2.35. The predicted molar refractivity (Wildman–Crippen MR) is 72.9 cm³/mol. The number of hydrogen-bond donors (Lipinski definition) is 1. The molecule has 0 aliphatic carbocycles. The summed E-state index contributed by atoms with van der Waals surface area (Å²) in [6, 6.07) is 0.628. The molecule has 0 aromatic heterocycles. The molecule has 2 rings (SSSR count). The van der Waals surface area contributed by atoms with Gasteiger partial charge in [-0.2, -0.15) is 0 Å². The fourth-order valence-corrected chi connectivity index (χ4v) is 2.73. The molecule has 0 aromatic carbocycles. The fraction of sp³-hybridized carbons (Fsp3) is 1.00. The van der Waals surface area contributed by atoms with Crippen molar-refractivity contribution in [2.45, 2.75) is 51.4 Å². The highest BCUT2D eigenvalue weighted by Crippen LogP contribution is 2.14. The van der Waals surface area contributed by atoms with Crippen LogP contribution < -0.4 is 5.32 Å². The molecule has 0 saturated carbocycles. The van der Waals surface area contributed by atoms with E-state index in [1.165, 1.54) is 12.8 Å². The zero-order chi connectivity index (χ0) is 12.8. The molecule has 2 aliphatic rings. The van der Waals surface area contributed by atoms with E-state index in [-0.39, 0.29) is 0 Å². The minimum atomic E-state index is 0.352. The largest absolute Gasteiger partial charge is 0.378 e. The van der Waals surface area contributed by atoms with Gasteiger partial charge in [0.1, 0.15) is 0 Å². The van der Waals surface area contributed by atoms with Crippen molar-refractivity contribution in [1.82, 2.24) is 10.2 Å². The molecule has 0 spiro atoms. The SMILES string of the molecule is CC(C)N1CCOC(CNCCC2CCCO2)C1. The minimum absolute atomic E-state index is 0.352. The molecule has 4 nitrogen and oxygen atoms in total. The van der Waals surface area contributed by atoms with E-state index in [1.807, 2.05) is 0 Å². The number of ether oxygens (including phenoxy) is 2. The van der Waals surface area contributed by atoms with Crippen LogP contribution in [0.5, 0.6) is 0 Å². The maximum atomic E-state index is 5.79. The number of rotatable bonds is 6. The van der Waals surface area contributed by atoms with Gasteiger partial charge in [-0.05, 0) is 39.7 Å². The molecule has 2 saturated heterocycles. The van der Waals surface area contributed by atoms with Crippen molar-refractivity contribution in [1.29, 1.82) is 0 Å². The third-order valence-corrected chi connectivity index (χ3v) is 3.94. The van der Waals surface area contributed by atoms with E-state index in [4.69, 9.17) is 9.47 Å². The smallest absolute Gasteiger partial charge is 0.0826 e. The van der Waals surface area contributed by atoms with Gasteiger partial charge >= 0.3 is 0 Å². The zero-order valence-electron chi connectivity index (χ0n) is 11.9. The Morgan fingerprint density at radius 1 is 1.22 bits per heavy atom. The monoisotopic (exact) mass is 256 g/mol. The van der Waals surface area contributed by atoms with Gasteiger partial charge in [0.2, 0.25) is 0 Å². The standard InChI is InChI=1S/C14H28N2O2/c1-12(2)16-7-9-18-14(11-16)10-15-6-5-13-4-3-8-17-13/h12-15H,3-11H2,1-2H3. The van der Waals surface area contributed by atoms with Gasteiger partial charge in [-0.25, -0.2) is 0 Å². The first-order valence-corrected chi connectivity index (χ1v) is 7.43. The maximum Gasteiger partial charge on any atom is 0.0826 e. The van der Waals surface area contributed by atoms with Gasteiger partial charge in [0.05, 0.1) is 18.8 Å². The van der Waals surface area contributed by atoms with Crippen LogP contribution in [0, 0.1) is 0 Å². The first-order valence-electron chi connectivity index (χ1n) is 7.43. The second kappa shape index (κ2) is 7.43. The highest BCUT2D eigenvalue weighted by molar-refractivity contribution is 4.76. The van der Waals surface area contributed by atoms with E-state index in [0.717, 1.165) is 45.8 Å². The van der Waals surface area contributed by atoms with Crippen LogP contribution in [0.2, 0.25) is 0 Å². The lowest BCUT2D eigenvalue weighted by atomic mass is 10.2. The van der Waals surface area contributed by atoms with Crippen LogP contribution in [0.4, 0.5) is 0 Å². The van der Waals surface area contributed by atoms with E-state index < -0.39 is 0 Å². The molecule has 0 aromatic rings. The van der Waals surface area contributed by atoms with Gasteiger partial charge in [0.15, 0.2) is 0 Å². The highest BCUT2D eigenvalue weighted by Gasteiger charge is 2.22. The molecule has 2 aliphatic heterocycles. The van der Waals surface area contributed by atoms with Crippen molar-refractivity contribution in [3.05, 3.63) is 0 Å². The Labute approximate surface area is 111 Å². The Morgan fingerprint density at radius 2 is 2.06 bits per heavy atom. The van der Waals surface area contributed by atoms with Crippen LogP contribution in [0.1, 0.15) is 33.1 Å². The summed E-state index contributed by atoms with van der Waals surface area (Å²) in [6.07, 6.45) is 4.46. The quantitative estimate of drug-likeness (QED) is 0.725. The van der Waals surface area contributed by atoms with E-state index in [2.05, 4.69) is 24.1 Å². The normalized spacial score (nSPS) is 30.2. The van der Waals surface area contributed by atoms with Gasteiger partial charge in [0, 0.05) is 32.3 Å². The molecule has 1 N–H and O–H groups in total. The molecule has 2 heterocycles. The number of nitrogens with one attached hydrogen (secondary N) is 1. The minimum Gasteiger partial charge on any atom is -0.378 e. The van der Waals surface area contributed by atoms with Crippen molar-refractivity contribution in [2.24, 2.45) is 0 Å². The van der Waals surface area contributed by atoms with E-state index in [1.54, 1.807) is 0 Å². The van der Waals surface area contributed by atoms with Gasteiger partial charge in [-0.1, -0.05) is 0 Å². The van der Waals surface area contributed by atoms with Crippen molar-refractivity contribution < 1.29 is 9.47 Å². The van der Waals surface area contributed by atoms with E-state index >= 15 is 0 Å². The summed E-state index contributed by atoms with van der Waals surface area (Å²) in [6.45, 7) is 10.5. The molecule has 4 heteroatoms. The Bertz CT molecular complexity index is 230. The molecule has 0 bridgehead atoms. The molecule has 0 amide bonds. The summed E-state index contributed by atoms with van der Waals surface area (Å²) in [4.78, 5) is 2.50. The first-order chi connectivity index (χ1) is 8.75. The second-order valence-electron chi connectivity index (χ2n) is 5.71. The Hall–Kier alpha value is -0.160. The summed E-state index contributed by atoms with van der Waals surface area (Å²) in [5.41, 5.74) is 0. The van der Waals surface area contributed by atoms with Gasteiger partial charge in [0.25, 0.3) is 0 Å². The first kappa shape index (κ1) is 14.3. The molecular weight excluding hydrogens is 228 g/mol. The average molecular weight is 256 g/mol. The van der Waals surface area contributed by atoms with Crippen LogP contribution in [-0.2, 0) is 9.47 Å². The Kier molecular flexibility index (Phi) is 5.89.